The number of carbonyl (C=O) groups excluding carboxylic acids is 1. The molecule has 0 aliphatic carbocycles. The zero-order chi connectivity index (χ0) is 10.8. The number of hydrogen-bond acceptors (Lipinski definition) is 2. The Morgan fingerprint density at radius 3 is 2.93 bits per heavy atom. The summed E-state index contributed by atoms with van der Waals surface area (Å²) in [7, 11) is 0. The number of amides is 1. The van der Waals surface area contributed by atoms with Gasteiger partial charge in [-0.05, 0) is 25.5 Å². The summed E-state index contributed by atoms with van der Waals surface area (Å²) in [4.78, 5) is 13.8. The van der Waals surface area contributed by atoms with Gasteiger partial charge in [0.05, 0.1) is 0 Å². The van der Waals surface area contributed by atoms with Crippen molar-refractivity contribution in [3.05, 3.63) is 35.4 Å². The standard InChI is InChI=1S/C12H16N2O/c1-9-3-2-4-10(7-9)12(15)14-6-5-11(13)8-14/h2-4,7,11H,5-6,8,13H2,1H3/t11-/m0/s1. The van der Waals surface area contributed by atoms with Gasteiger partial charge in [0.15, 0.2) is 0 Å². The van der Waals surface area contributed by atoms with Gasteiger partial charge < -0.3 is 10.6 Å². The lowest BCUT2D eigenvalue weighted by atomic mass is 10.1. The van der Waals surface area contributed by atoms with E-state index in [9.17, 15) is 4.79 Å². The van der Waals surface area contributed by atoms with Crippen molar-refractivity contribution in [3.8, 4) is 0 Å². The van der Waals surface area contributed by atoms with Gasteiger partial charge in [0, 0.05) is 24.7 Å². The molecule has 3 nitrogen and oxygen atoms in total. The Hall–Kier alpha value is -1.35. The molecule has 0 saturated carbocycles. The summed E-state index contributed by atoms with van der Waals surface area (Å²) in [5.41, 5.74) is 7.66. The van der Waals surface area contributed by atoms with Gasteiger partial charge in [0.2, 0.25) is 0 Å². The first-order valence-corrected chi connectivity index (χ1v) is 5.28. The highest BCUT2D eigenvalue weighted by Gasteiger charge is 2.24. The van der Waals surface area contributed by atoms with E-state index >= 15 is 0 Å². The fourth-order valence-corrected chi connectivity index (χ4v) is 1.93. The number of nitrogens with zero attached hydrogens (tertiary/aromatic N) is 1. The average Bonchev–Trinajstić information content (AvgIpc) is 2.64. The molecule has 80 valence electrons. The Morgan fingerprint density at radius 2 is 2.33 bits per heavy atom. The zero-order valence-corrected chi connectivity index (χ0v) is 8.94. The molecule has 1 heterocycles. The van der Waals surface area contributed by atoms with E-state index in [0.29, 0.717) is 6.54 Å². The van der Waals surface area contributed by atoms with E-state index in [1.165, 1.54) is 0 Å². The molecule has 1 aromatic carbocycles. The van der Waals surface area contributed by atoms with E-state index in [1.54, 1.807) is 0 Å². The molecule has 1 aliphatic heterocycles. The first-order valence-electron chi connectivity index (χ1n) is 5.28. The van der Waals surface area contributed by atoms with Crippen LogP contribution in [0, 0.1) is 6.92 Å². The molecule has 0 aromatic heterocycles. The molecule has 0 unspecified atom stereocenters. The zero-order valence-electron chi connectivity index (χ0n) is 8.94. The van der Waals surface area contributed by atoms with E-state index < -0.39 is 0 Å². The summed E-state index contributed by atoms with van der Waals surface area (Å²) in [6.45, 7) is 3.47. The minimum atomic E-state index is 0.103. The van der Waals surface area contributed by atoms with Gasteiger partial charge in [-0.3, -0.25) is 4.79 Å². The fourth-order valence-electron chi connectivity index (χ4n) is 1.93. The molecule has 1 amide bonds. The van der Waals surface area contributed by atoms with Gasteiger partial charge in [-0.25, -0.2) is 0 Å². The van der Waals surface area contributed by atoms with E-state index in [-0.39, 0.29) is 11.9 Å². The lowest BCUT2D eigenvalue weighted by Crippen LogP contribution is -2.31. The first kappa shape index (κ1) is 10.2. The van der Waals surface area contributed by atoms with Crippen molar-refractivity contribution in [2.24, 2.45) is 5.73 Å². The third kappa shape index (κ3) is 2.18. The second-order valence-electron chi connectivity index (χ2n) is 4.17. The maximum atomic E-state index is 12.0. The normalized spacial score (nSPS) is 20.7. The highest BCUT2D eigenvalue weighted by Crippen LogP contribution is 2.13. The van der Waals surface area contributed by atoms with Gasteiger partial charge in [-0.2, -0.15) is 0 Å². The Morgan fingerprint density at radius 1 is 1.53 bits per heavy atom. The third-order valence-corrected chi connectivity index (χ3v) is 2.78. The van der Waals surface area contributed by atoms with Gasteiger partial charge >= 0.3 is 0 Å². The minimum Gasteiger partial charge on any atom is -0.337 e. The number of carbonyl (C=O) groups is 1. The van der Waals surface area contributed by atoms with Crippen LogP contribution >= 0.6 is 0 Å². The molecule has 0 spiro atoms. The Balaban J connectivity index is 2.14. The van der Waals surface area contributed by atoms with Crippen LogP contribution in [0.3, 0.4) is 0 Å². The van der Waals surface area contributed by atoms with Crippen molar-refractivity contribution in [2.45, 2.75) is 19.4 Å². The van der Waals surface area contributed by atoms with E-state index in [0.717, 1.165) is 24.1 Å². The lowest BCUT2D eigenvalue weighted by Gasteiger charge is -2.15. The molecular weight excluding hydrogens is 188 g/mol. The van der Waals surface area contributed by atoms with Gasteiger partial charge in [-0.1, -0.05) is 17.7 Å². The van der Waals surface area contributed by atoms with Crippen molar-refractivity contribution in [1.82, 2.24) is 4.90 Å². The maximum Gasteiger partial charge on any atom is 0.253 e. The smallest absolute Gasteiger partial charge is 0.253 e. The number of rotatable bonds is 1. The molecule has 0 radical (unpaired) electrons. The summed E-state index contributed by atoms with van der Waals surface area (Å²) in [5.74, 6) is 0.103. The summed E-state index contributed by atoms with van der Waals surface area (Å²) >= 11 is 0. The highest BCUT2D eigenvalue weighted by molar-refractivity contribution is 5.94. The third-order valence-electron chi connectivity index (χ3n) is 2.78. The monoisotopic (exact) mass is 204 g/mol. The molecule has 15 heavy (non-hydrogen) atoms. The summed E-state index contributed by atoms with van der Waals surface area (Å²) in [5, 5.41) is 0. The number of likely N-dealkylation sites (tertiary alicyclic amines) is 1. The second-order valence-corrected chi connectivity index (χ2v) is 4.17. The van der Waals surface area contributed by atoms with Crippen LogP contribution in [0.5, 0.6) is 0 Å². The van der Waals surface area contributed by atoms with Crippen LogP contribution in [0.1, 0.15) is 22.3 Å². The molecule has 2 N–H and O–H groups in total. The molecule has 2 rings (SSSR count). The van der Waals surface area contributed by atoms with Crippen molar-refractivity contribution < 1.29 is 4.79 Å². The maximum absolute atomic E-state index is 12.0. The van der Waals surface area contributed by atoms with Gasteiger partial charge in [-0.15, -0.1) is 0 Å². The summed E-state index contributed by atoms with van der Waals surface area (Å²) in [6, 6.07) is 7.84. The molecule has 1 aliphatic rings. The quantitative estimate of drug-likeness (QED) is 0.746. The van der Waals surface area contributed by atoms with Crippen LogP contribution in [-0.2, 0) is 0 Å². The van der Waals surface area contributed by atoms with Crippen LogP contribution in [0.25, 0.3) is 0 Å². The van der Waals surface area contributed by atoms with Crippen molar-refractivity contribution >= 4 is 5.91 Å². The van der Waals surface area contributed by atoms with Crippen LogP contribution in [0.4, 0.5) is 0 Å². The number of aryl methyl sites for hydroxylation is 1. The molecule has 0 bridgehead atoms. The van der Waals surface area contributed by atoms with Crippen molar-refractivity contribution in [3.63, 3.8) is 0 Å². The topological polar surface area (TPSA) is 46.3 Å². The van der Waals surface area contributed by atoms with Gasteiger partial charge in [0.1, 0.15) is 0 Å². The Labute approximate surface area is 89.9 Å². The number of nitrogens with two attached hydrogens (primary N) is 1. The number of benzene rings is 1. The molecule has 3 heteroatoms. The second kappa shape index (κ2) is 4.03. The minimum absolute atomic E-state index is 0.103. The number of hydrogen-bond donors (Lipinski definition) is 1. The van der Waals surface area contributed by atoms with Crippen LogP contribution in [-0.4, -0.2) is 29.9 Å². The Kier molecular flexibility index (Phi) is 2.73. The SMILES string of the molecule is Cc1cccc(C(=O)N2CC[C@H](N)C2)c1. The molecule has 1 saturated heterocycles. The van der Waals surface area contributed by atoms with Crippen LogP contribution in [0.2, 0.25) is 0 Å². The Bertz CT molecular complexity index is 376. The molecule has 1 fully saturated rings. The van der Waals surface area contributed by atoms with Crippen LogP contribution in [0.15, 0.2) is 24.3 Å². The summed E-state index contributed by atoms with van der Waals surface area (Å²) < 4.78 is 0. The fraction of sp³-hybridized carbons (Fsp3) is 0.417. The predicted octanol–water partition coefficient (Wildman–Crippen LogP) is 1.17. The largest absolute Gasteiger partial charge is 0.337 e. The first-order chi connectivity index (χ1) is 7.16. The van der Waals surface area contributed by atoms with Crippen LogP contribution < -0.4 is 5.73 Å². The van der Waals surface area contributed by atoms with E-state index in [2.05, 4.69) is 0 Å². The van der Waals surface area contributed by atoms with Crippen molar-refractivity contribution in [1.29, 1.82) is 0 Å². The van der Waals surface area contributed by atoms with Gasteiger partial charge in [0.25, 0.3) is 5.91 Å². The van der Waals surface area contributed by atoms with E-state index in [1.807, 2.05) is 36.1 Å². The molecule has 1 atom stereocenters. The lowest BCUT2D eigenvalue weighted by molar-refractivity contribution is 0.0791. The average molecular weight is 204 g/mol. The molecule has 1 aromatic rings. The predicted molar refractivity (Wildman–Crippen MR) is 59.7 cm³/mol. The highest BCUT2D eigenvalue weighted by atomic mass is 16.2. The van der Waals surface area contributed by atoms with Crippen molar-refractivity contribution in [2.75, 3.05) is 13.1 Å². The van der Waals surface area contributed by atoms with E-state index in [4.69, 9.17) is 5.73 Å². The molecular formula is C12H16N2O. The summed E-state index contributed by atoms with van der Waals surface area (Å²) in [6.07, 6.45) is 0.914.